The first-order chi connectivity index (χ1) is 19.7. The third-order valence-corrected chi connectivity index (χ3v) is 12.8. The first kappa shape index (κ1) is 32.6. The van der Waals surface area contributed by atoms with E-state index in [1.54, 1.807) is 0 Å². The van der Waals surface area contributed by atoms with Crippen molar-refractivity contribution in [1.29, 1.82) is 0 Å². The number of aromatic nitrogens is 4. The second-order valence-corrected chi connectivity index (χ2v) is 18.8. The van der Waals surface area contributed by atoms with Gasteiger partial charge in [-0.05, 0) is 62.5 Å². The van der Waals surface area contributed by atoms with Crippen molar-refractivity contribution in [1.82, 2.24) is 19.6 Å². The van der Waals surface area contributed by atoms with Crippen LogP contribution in [0.1, 0.15) is 59.2 Å². The average molecular weight is 623 g/mol. The summed E-state index contributed by atoms with van der Waals surface area (Å²) >= 11 is 0. The first-order valence-corrected chi connectivity index (χ1v) is 19.3. The Morgan fingerprint density at radius 3 is 2.55 bits per heavy atom. The molecule has 2 aromatic heterocycles. The van der Waals surface area contributed by atoms with Gasteiger partial charge in [0.05, 0.1) is 57.0 Å². The molecule has 1 aliphatic heterocycles. The molecule has 0 N–H and O–H groups in total. The Bertz CT molecular complexity index is 1430. The van der Waals surface area contributed by atoms with Crippen LogP contribution in [0, 0.1) is 0 Å². The molecule has 2 unspecified atom stereocenters. The van der Waals surface area contributed by atoms with Crippen LogP contribution in [0.2, 0.25) is 18.1 Å². The number of ether oxygens (including phenoxy) is 3. The normalized spacial score (nSPS) is 17.5. The Kier molecular flexibility index (Phi) is 10.5. The SMILES string of the molecule is CC(COCCOCCOS(C)(=O)=O)n1cc(-c2nn(C3CCCCO3)c3ccc(O[Si](C)(C)C(C)(C)C)cc23)cn1. The molecule has 13 heteroatoms. The van der Waals surface area contributed by atoms with Crippen molar-refractivity contribution in [2.45, 2.75) is 77.4 Å². The Hall–Kier alpha value is -2.29. The molecule has 0 aliphatic carbocycles. The number of nitrogens with zero attached hydrogens (tertiary/aromatic N) is 4. The van der Waals surface area contributed by atoms with Crippen LogP contribution < -0.4 is 4.43 Å². The lowest BCUT2D eigenvalue weighted by Crippen LogP contribution is -2.43. The zero-order valence-corrected chi connectivity index (χ0v) is 27.8. The standard InChI is InChI=1S/C29H46N4O7SSi/c1-22(21-37-15-14-36-16-17-39-41(5,34)35)32-20-23(19-30-32)28-25-18-24(40-42(6,7)29(2,3)4)11-12-26(25)33(31-28)27-10-8-9-13-38-27/h11-12,18-20,22,27H,8-10,13-17,21H2,1-7H3. The molecule has 1 saturated heterocycles. The maximum atomic E-state index is 11.0. The number of hydrogen-bond acceptors (Lipinski definition) is 9. The zero-order valence-electron chi connectivity index (χ0n) is 26.0. The molecule has 234 valence electrons. The highest BCUT2D eigenvalue weighted by atomic mass is 32.2. The molecule has 4 rings (SSSR count). The van der Waals surface area contributed by atoms with Gasteiger partial charge in [0.25, 0.3) is 10.1 Å². The van der Waals surface area contributed by atoms with E-state index in [4.69, 9.17) is 23.7 Å². The fraction of sp³-hybridized carbons (Fsp3) is 0.655. The van der Waals surface area contributed by atoms with Crippen molar-refractivity contribution in [3.63, 3.8) is 0 Å². The molecule has 0 radical (unpaired) electrons. The van der Waals surface area contributed by atoms with Gasteiger partial charge in [-0.3, -0.25) is 8.86 Å². The molecule has 0 spiro atoms. The molecule has 42 heavy (non-hydrogen) atoms. The molecule has 11 nitrogen and oxygen atoms in total. The highest BCUT2D eigenvalue weighted by Crippen LogP contribution is 2.40. The second-order valence-electron chi connectivity index (χ2n) is 12.4. The minimum atomic E-state index is -3.45. The van der Waals surface area contributed by atoms with E-state index < -0.39 is 18.4 Å². The van der Waals surface area contributed by atoms with Crippen LogP contribution in [-0.2, 0) is 28.5 Å². The molecule has 0 saturated carbocycles. The number of benzene rings is 1. The van der Waals surface area contributed by atoms with Crippen molar-refractivity contribution >= 4 is 29.3 Å². The van der Waals surface area contributed by atoms with Crippen LogP contribution in [0.5, 0.6) is 5.75 Å². The van der Waals surface area contributed by atoms with Gasteiger partial charge >= 0.3 is 0 Å². The van der Waals surface area contributed by atoms with Gasteiger partial charge in [-0.2, -0.15) is 18.6 Å². The fourth-order valence-corrected chi connectivity index (χ4v) is 5.87. The third kappa shape index (κ3) is 8.41. The van der Waals surface area contributed by atoms with Gasteiger partial charge in [0, 0.05) is 23.8 Å². The van der Waals surface area contributed by atoms with Gasteiger partial charge in [0.1, 0.15) is 11.4 Å². The summed E-state index contributed by atoms with van der Waals surface area (Å²) in [4.78, 5) is 0. The van der Waals surface area contributed by atoms with E-state index in [0.717, 1.165) is 60.0 Å². The zero-order chi connectivity index (χ0) is 30.5. The summed E-state index contributed by atoms with van der Waals surface area (Å²) < 4.78 is 54.4. The summed E-state index contributed by atoms with van der Waals surface area (Å²) in [5.74, 6) is 0.860. The Labute approximate surface area is 250 Å². The molecule has 0 bridgehead atoms. The highest BCUT2D eigenvalue weighted by Gasteiger charge is 2.39. The van der Waals surface area contributed by atoms with E-state index in [2.05, 4.69) is 61.3 Å². The topological polar surface area (TPSA) is 116 Å². The largest absolute Gasteiger partial charge is 0.543 e. The average Bonchev–Trinajstić information content (AvgIpc) is 3.54. The van der Waals surface area contributed by atoms with Crippen molar-refractivity contribution in [3.8, 4) is 17.0 Å². The van der Waals surface area contributed by atoms with Crippen LogP contribution in [0.3, 0.4) is 0 Å². The van der Waals surface area contributed by atoms with Gasteiger partial charge < -0.3 is 18.6 Å². The van der Waals surface area contributed by atoms with Crippen molar-refractivity contribution < 1.29 is 31.2 Å². The van der Waals surface area contributed by atoms with Crippen LogP contribution in [0.4, 0.5) is 0 Å². The molecule has 1 aliphatic rings. The van der Waals surface area contributed by atoms with Crippen molar-refractivity contribution in [3.05, 3.63) is 30.6 Å². The molecular formula is C29H46N4O7SSi. The van der Waals surface area contributed by atoms with E-state index in [1.807, 2.05) is 28.7 Å². The van der Waals surface area contributed by atoms with Crippen molar-refractivity contribution in [2.75, 3.05) is 45.9 Å². The smallest absolute Gasteiger partial charge is 0.264 e. The predicted molar refractivity (Wildman–Crippen MR) is 165 cm³/mol. The third-order valence-electron chi connectivity index (χ3n) is 7.87. The lowest BCUT2D eigenvalue weighted by atomic mass is 10.1. The number of hydrogen-bond donors (Lipinski definition) is 0. The Morgan fingerprint density at radius 1 is 1.12 bits per heavy atom. The maximum Gasteiger partial charge on any atom is 0.264 e. The lowest BCUT2D eigenvalue weighted by Gasteiger charge is -2.36. The van der Waals surface area contributed by atoms with Crippen molar-refractivity contribution in [2.24, 2.45) is 0 Å². The predicted octanol–water partition coefficient (Wildman–Crippen LogP) is 5.55. The van der Waals surface area contributed by atoms with Crippen LogP contribution in [0.25, 0.3) is 22.2 Å². The Morgan fingerprint density at radius 2 is 1.86 bits per heavy atom. The lowest BCUT2D eigenvalue weighted by molar-refractivity contribution is -0.0365. The maximum absolute atomic E-state index is 11.0. The second kappa shape index (κ2) is 13.6. The summed E-state index contributed by atoms with van der Waals surface area (Å²) in [5.41, 5.74) is 2.79. The fourth-order valence-electron chi connectivity index (χ4n) is 4.48. The van der Waals surface area contributed by atoms with Gasteiger partial charge in [0.15, 0.2) is 6.23 Å². The highest BCUT2D eigenvalue weighted by molar-refractivity contribution is 7.85. The van der Waals surface area contributed by atoms with Crippen LogP contribution in [-0.4, -0.2) is 82.2 Å². The van der Waals surface area contributed by atoms with E-state index in [0.29, 0.717) is 19.8 Å². The monoisotopic (exact) mass is 622 g/mol. The summed E-state index contributed by atoms with van der Waals surface area (Å²) in [7, 11) is -5.47. The van der Waals surface area contributed by atoms with Crippen LogP contribution in [0.15, 0.2) is 30.6 Å². The molecule has 1 fully saturated rings. The minimum absolute atomic E-state index is 0.00742. The molecule has 0 amide bonds. The van der Waals surface area contributed by atoms with Gasteiger partial charge in [-0.1, -0.05) is 20.8 Å². The number of fused-ring (bicyclic) bond motifs is 1. The molecule has 1 aromatic carbocycles. The summed E-state index contributed by atoms with van der Waals surface area (Å²) in [6.07, 6.45) is 7.88. The van der Waals surface area contributed by atoms with E-state index in [-0.39, 0.29) is 30.5 Å². The quantitative estimate of drug-likeness (QED) is 0.130. The first-order valence-electron chi connectivity index (χ1n) is 14.6. The summed E-state index contributed by atoms with van der Waals surface area (Å²) in [6, 6.07) is 6.25. The van der Waals surface area contributed by atoms with Gasteiger partial charge in [-0.25, -0.2) is 4.68 Å². The molecule has 2 atom stereocenters. The van der Waals surface area contributed by atoms with E-state index in [1.165, 1.54) is 0 Å². The molecule has 3 heterocycles. The van der Waals surface area contributed by atoms with Crippen LogP contribution >= 0.6 is 0 Å². The van der Waals surface area contributed by atoms with Gasteiger partial charge in [0.2, 0.25) is 8.32 Å². The molecular weight excluding hydrogens is 576 g/mol. The summed E-state index contributed by atoms with van der Waals surface area (Å²) in [5, 5.41) is 10.8. The summed E-state index contributed by atoms with van der Waals surface area (Å²) in [6.45, 7) is 15.4. The van der Waals surface area contributed by atoms with E-state index >= 15 is 0 Å². The molecule has 3 aromatic rings. The minimum Gasteiger partial charge on any atom is -0.543 e. The number of rotatable bonds is 14. The van der Waals surface area contributed by atoms with E-state index in [9.17, 15) is 8.42 Å². The van der Waals surface area contributed by atoms with Gasteiger partial charge in [-0.15, -0.1) is 0 Å². The Balaban J connectivity index is 1.47.